The molecular formula is C29H33F7N2O. The van der Waals surface area contributed by atoms with E-state index in [0.29, 0.717) is 30.9 Å². The van der Waals surface area contributed by atoms with Crippen LogP contribution in [0.2, 0.25) is 0 Å². The van der Waals surface area contributed by atoms with Crippen molar-refractivity contribution in [1.82, 2.24) is 10.2 Å². The monoisotopic (exact) mass is 558 g/mol. The molecule has 2 unspecified atom stereocenters. The van der Waals surface area contributed by atoms with Gasteiger partial charge in [0.25, 0.3) is 0 Å². The Hall–Kier alpha value is -2.62. The molecule has 4 rings (SSSR count). The lowest BCUT2D eigenvalue weighted by Gasteiger charge is -2.38. The molecule has 0 radical (unpaired) electrons. The molecule has 0 spiro atoms. The van der Waals surface area contributed by atoms with E-state index in [9.17, 15) is 35.5 Å². The molecule has 1 aliphatic heterocycles. The van der Waals surface area contributed by atoms with Crippen LogP contribution in [0.15, 0.2) is 42.5 Å². The normalized spacial score (nSPS) is 23.4. The molecule has 2 aromatic rings. The number of hydrogen-bond acceptors (Lipinski definition) is 2. The first-order valence-electron chi connectivity index (χ1n) is 13.3. The largest absolute Gasteiger partial charge is 0.416 e. The molecular weight excluding hydrogens is 525 g/mol. The number of carbonyl (C=O) groups excluding carboxylic acids is 1. The Balaban J connectivity index is 1.41. The lowest BCUT2D eigenvalue weighted by atomic mass is 9.74. The number of halogens is 7. The number of nitrogens with zero attached hydrogens (tertiary/aromatic N) is 1. The third-order valence-corrected chi connectivity index (χ3v) is 8.57. The van der Waals surface area contributed by atoms with Crippen molar-refractivity contribution >= 4 is 5.91 Å². The quantitative estimate of drug-likeness (QED) is 0.371. The highest BCUT2D eigenvalue weighted by molar-refractivity contribution is 5.83. The molecule has 2 aromatic carbocycles. The van der Waals surface area contributed by atoms with Crippen LogP contribution >= 0.6 is 0 Å². The number of nitrogens with one attached hydrogen (secondary N) is 1. The summed E-state index contributed by atoms with van der Waals surface area (Å²) in [7, 11) is 0. The minimum atomic E-state index is -4.94. The molecule has 1 saturated carbocycles. The molecule has 3 nitrogen and oxygen atoms in total. The fraction of sp³-hybridized carbons (Fsp3) is 0.552. The standard InChI is InChI=1S/C29H33F7N2O/c1-18(2)27(26(39)37-17-19-13-22(28(31,32)33)15-23(14-19)29(34,35)36)10-7-25(16-27)38-11-8-21(9-12-38)20-3-5-24(30)6-4-20/h3-6,13-15,18,21,25H,7-12,16-17H2,1-2H3,(H,37,39). The second-order valence-electron chi connectivity index (χ2n) is 11.2. The Labute approximate surface area is 223 Å². The van der Waals surface area contributed by atoms with Crippen molar-refractivity contribution < 1.29 is 35.5 Å². The Morgan fingerprint density at radius 1 is 0.949 bits per heavy atom. The van der Waals surface area contributed by atoms with Gasteiger partial charge in [-0.25, -0.2) is 4.39 Å². The summed E-state index contributed by atoms with van der Waals surface area (Å²) >= 11 is 0. The topological polar surface area (TPSA) is 32.3 Å². The van der Waals surface area contributed by atoms with E-state index in [1.54, 1.807) is 0 Å². The van der Waals surface area contributed by atoms with Gasteiger partial charge in [0.2, 0.25) is 5.91 Å². The molecule has 0 bridgehead atoms. The van der Waals surface area contributed by atoms with Crippen LogP contribution in [0.4, 0.5) is 30.7 Å². The zero-order valence-electron chi connectivity index (χ0n) is 21.9. The van der Waals surface area contributed by atoms with Crippen LogP contribution in [0.3, 0.4) is 0 Å². The Bertz CT molecular complexity index is 1120. The summed E-state index contributed by atoms with van der Waals surface area (Å²) in [5.74, 6) is -0.326. The summed E-state index contributed by atoms with van der Waals surface area (Å²) in [6.45, 7) is 5.11. The Kier molecular flexibility index (Phi) is 8.36. The first-order chi connectivity index (χ1) is 18.2. The lowest BCUT2D eigenvalue weighted by Crippen LogP contribution is -2.45. The number of benzene rings is 2. The van der Waals surface area contributed by atoms with Crippen LogP contribution in [0.5, 0.6) is 0 Å². The molecule has 1 saturated heterocycles. The molecule has 10 heteroatoms. The predicted octanol–water partition coefficient (Wildman–Crippen LogP) is 7.55. The van der Waals surface area contributed by atoms with Gasteiger partial charge < -0.3 is 10.2 Å². The number of likely N-dealkylation sites (tertiary alicyclic amines) is 1. The van der Waals surface area contributed by atoms with Gasteiger partial charge in [-0.15, -0.1) is 0 Å². The summed E-state index contributed by atoms with van der Waals surface area (Å²) in [6, 6.07) is 8.14. The highest BCUT2D eigenvalue weighted by Gasteiger charge is 2.49. The maximum Gasteiger partial charge on any atom is 0.416 e. The zero-order valence-corrected chi connectivity index (χ0v) is 21.9. The molecule has 214 valence electrons. The van der Waals surface area contributed by atoms with Gasteiger partial charge in [-0.05, 0) is 98.5 Å². The van der Waals surface area contributed by atoms with E-state index in [1.165, 1.54) is 12.1 Å². The lowest BCUT2D eigenvalue weighted by molar-refractivity contribution is -0.143. The first kappa shape index (κ1) is 29.4. The minimum absolute atomic E-state index is 0.0634. The van der Waals surface area contributed by atoms with E-state index in [2.05, 4.69) is 10.2 Å². The van der Waals surface area contributed by atoms with Crippen molar-refractivity contribution in [2.45, 2.75) is 76.8 Å². The predicted molar refractivity (Wildman–Crippen MR) is 133 cm³/mol. The summed E-state index contributed by atoms with van der Waals surface area (Å²) in [4.78, 5) is 15.8. The van der Waals surface area contributed by atoms with Gasteiger partial charge in [-0.1, -0.05) is 26.0 Å². The van der Waals surface area contributed by atoms with Crippen LogP contribution in [0.25, 0.3) is 0 Å². The smallest absolute Gasteiger partial charge is 0.352 e. The van der Waals surface area contributed by atoms with E-state index in [4.69, 9.17) is 0 Å². The van der Waals surface area contributed by atoms with Crippen molar-refractivity contribution in [1.29, 1.82) is 0 Å². The fourth-order valence-electron chi connectivity index (χ4n) is 6.17. The highest BCUT2D eigenvalue weighted by atomic mass is 19.4. The highest BCUT2D eigenvalue weighted by Crippen LogP contribution is 2.47. The minimum Gasteiger partial charge on any atom is -0.352 e. The van der Waals surface area contributed by atoms with Crippen molar-refractivity contribution in [3.05, 3.63) is 70.5 Å². The maximum absolute atomic E-state index is 13.4. The van der Waals surface area contributed by atoms with E-state index in [1.807, 2.05) is 26.0 Å². The van der Waals surface area contributed by atoms with E-state index in [0.717, 1.165) is 37.9 Å². The van der Waals surface area contributed by atoms with Crippen molar-refractivity contribution in [3.63, 3.8) is 0 Å². The molecule has 2 fully saturated rings. The summed E-state index contributed by atoms with van der Waals surface area (Å²) in [5.41, 5.74) is -2.69. The van der Waals surface area contributed by atoms with Crippen LogP contribution in [0, 0.1) is 17.2 Å². The molecule has 0 aromatic heterocycles. The van der Waals surface area contributed by atoms with E-state index in [-0.39, 0.29) is 35.3 Å². The molecule has 39 heavy (non-hydrogen) atoms. The summed E-state index contributed by atoms with van der Waals surface area (Å²) < 4.78 is 92.7. The summed E-state index contributed by atoms with van der Waals surface area (Å²) in [6.07, 6.45) is -6.09. The van der Waals surface area contributed by atoms with Crippen molar-refractivity contribution in [3.8, 4) is 0 Å². The third kappa shape index (κ3) is 6.58. The molecule has 2 aliphatic rings. The summed E-state index contributed by atoms with van der Waals surface area (Å²) in [5, 5.41) is 2.65. The van der Waals surface area contributed by atoms with Crippen molar-refractivity contribution in [2.24, 2.45) is 11.3 Å². The molecule has 1 N–H and O–H groups in total. The van der Waals surface area contributed by atoms with Gasteiger partial charge in [0.05, 0.1) is 16.5 Å². The van der Waals surface area contributed by atoms with Gasteiger partial charge in [-0.2, -0.15) is 26.3 Å². The maximum atomic E-state index is 13.4. The molecule has 1 amide bonds. The van der Waals surface area contributed by atoms with Gasteiger partial charge in [0.1, 0.15) is 5.82 Å². The second-order valence-corrected chi connectivity index (χ2v) is 11.2. The molecule has 1 aliphatic carbocycles. The number of carbonyl (C=O) groups is 1. The fourth-order valence-corrected chi connectivity index (χ4v) is 6.17. The second kappa shape index (κ2) is 11.1. The number of piperidine rings is 1. The van der Waals surface area contributed by atoms with Crippen molar-refractivity contribution in [2.75, 3.05) is 13.1 Å². The van der Waals surface area contributed by atoms with E-state index < -0.39 is 35.4 Å². The number of rotatable bonds is 6. The SMILES string of the molecule is CC(C)C1(C(=O)NCc2cc(C(F)(F)F)cc(C(F)(F)F)c2)CCC(N2CCC(c3ccc(F)cc3)CC2)C1. The number of amides is 1. The number of alkyl halides is 6. The van der Waals surface area contributed by atoms with Gasteiger partial charge >= 0.3 is 12.4 Å². The average molecular weight is 559 g/mol. The van der Waals surface area contributed by atoms with Crippen LogP contribution in [-0.2, 0) is 23.7 Å². The van der Waals surface area contributed by atoms with Crippen LogP contribution in [-0.4, -0.2) is 29.9 Å². The Morgan fingerprint density at radius 3 is 2.03 bits per heavy atom. The average Bonchev–Trinajstić information content (AvgIpc) is 3.34. The Morgan fingerprint density at radius 2 is 1.51 bits per heavy atom. The van der Waals surface area contributed by atoms with Gasteiger partial charge in [0.15, 0.2) is 0 Å². The van der Waals surface area contributed by atoms with Gasteiger partial charge in [-0.3, -0.25) is 4.79 Å². The third-order valence-electron chi connectivity index (χ3n) is 8.57. The first-order valence-corrected chi connectivity index (χ1v) is 13.3. The van der Waals surface area contributed by atoms with E-state index >= 15 is 0 Å². The number of hydrogen-bond donors (Lipinski definition) is 1. The molecule has 1 heterocycles. The zero-order chi connectivity index (χ0) is 28.6. The van der Waals surface area contributed by atoms with Crippen LogP contribution in [0.1, 0.15) is 74.1 Å². The van der Waals surface area contributed by atoms with Crippen LogP contribution < -0.4 is 5.32 Å². The van der Waals surface area contributed by atoms with Gasteiger partial charge in [0, 0.05) is 12.6 Å². The molecule has 2 atom stereocenters.